The first kappa shape index (κ1) is 45.4. The molecule has 1 amide bonds. The van der Waals surface area contributed by atoms with Crippen LogP contribution in [0, 0.1) is 17.6 Å². The summed E-state index contributed by atoms with van der Waals surface area (Å²) in [6.45, 7) is -3.00. The Hall–Kier alpha value is -6.76. The van der Waals surface area contributed by atoms with Crippen LogP contribution in [0.4, 0.5) is 45.3 Å². The molecule has 0 bridgehead atoms. The topological polar surface area (TPSA) is 181 Å². The van der Waals surface area contributed by atoms with Gasteiger partial charge < -0.3 is 10.1 Å². The number of rotatable bonds is 13. The van der Waals surface area contributed by atoms with Crippen LogP contribution in [-0.2, 0) is 40.3 Å². The van der Waals surface area contributed by atoms with Crippen molar-refractivity contribution < 1.29 is 57.5 Å². The van der Waals surface area contributed by atoms with Crippen LogP contribution >= 0.6 is 11.6 Å². The van der Waals surface area contributed by atoms with Gasteiger partial charge in [0.2, 0.25) is 21.8 Å². The number of aromatic nitrogens is 8. The standard InChI is InChI=1S/C41H30ClF9N10O5S/c1-66-30-8-6-25(54-55-30)18-3-4-21-26(12-18)53-38(61(39(21)63)28-7-5-24(42)32-34(28)60(16-40(47,48)49)57-37(32)58-67(2,64)65)27(11-17-9-19(43)13-20(44)10-17)52-29(62)15-59-35-31(33(56-59)36(45)46)22-14-23(22)41(35,50)51/h3-10,12-13,22-23,27,36H,11,14-16H2,1-2H3,(H,52,62)(H,57,58)/t22-,23+,27-/m0/s1. The number of alkyl halides is 7. The highest BCUT2D eigenvalue weighted by molar-refractivity contribution is 7.92. The number of amides is 1. The second kappa shape index (κ2) is 16.2. The molecule has 0 aliphatic heterocycles. The number of nitrogens with one attached hydrogen (secondary N) is 2. The SMILES string of the molecule is COc1ccc(-c2ccc3c(=O)n(-c4ccc(Cl)c5c(NS(C)(=O)=O)nn(CC(F)(F)F)c45)c([C@H](Cc4cc(F)cc(F)c4)NC(=O)Cn4nc(C(F)F)c5c4C(F)(F)[C@@H]4C[C@H]54)nc3c2)nn1. The maximum Gasteiger partial charge on any atom is 0.408 e. The number of benzene rings is 3. The number of halogens is 10. The third-order valence-corrected chi connectivity index (χ3v) is 12.1. The normalized spacial score (nSPS) is 16.9. The molecule has 9 rings (SSSR count). The molecule has 0 spiro atoms. The van der Waals surface area contributed by atoms with E-state index in [2.05, 4.69) is 25.7 Å². The Balaban J connectivity index is 1.29. The number of methoxy groups -OCH3 is 1. The first-order valence-corrected chi connectivity index (χ1v) is 22.0. The number of carbonyl (C=O) groups excluding carboxylic acids is 1. The predicted octanol–water partition coefficient (Wildman–Crippen LogP) is 7.51. The van der Waals surface area contributed by atoms with Crippen molar-refractivity contribution >= 4 is 55.2 Å². The summed E-state index contributed by atoms with van der Waals surface area (Å²) in [5, 5.41) is 17.1. The summed E-state index contributed by atoms with van der Waals surface area (Å²) < 4.78 is 165. The maximum absolute atomic E-state index is 15.6. The molecule has 67 heavy (non-hydrogen) atoms. The Morgan fingerprint density at radius 1 is 1.00 bits per heavy atom. The average molecular weight is 981 g/mol. The third kappa shape index (κ3) is 8.49. The molecule has 2 aliphatic carbocycles. The van der Waals surface area contributed by atoms with Crippen LogP contribution in [-0.4, -0.2) is 73.2 Å². The minimum Gasteiger partial charge on any atom is -0.480 e. The molecule has 4 aromatic heterocycles. The Morgan fingerprint density at radius 2 is 1.73 bits per heavy atom. The summed E-state index contributed by atoms with van der Waals surface area (Å²) in [5.41, 5.74) is -4.10. The van der Waals surface area contributed by atoms with Gasteiger partial charge in [0.15, 0.2) is 5.82 Å². The highest BCUT2D eigenvalue weighted by atomic mass is 35.5. The zero-order valence-electron chi connectivity index (χ0n) is 34.2. The van der Waals surface area contributed by atoms with E-state index in [1.165, 1.54) is 37.4 Å². The van der Waals surface area contributed by atoms with E-state index in [0.29, 0.717) is 27.2 Å². The van der Waals surface area contributed by atoms with Gasteiger partial charge in [-0.2, -0.15) is 32.1 Å². The molecule has 7 aromatic rings. The van der Waals surface area contributed by atoms with Gasteiger partial charge in [0.05, 0.1) is 57.6 Å². The van der Waals surface area contributed by atoms with E-state index >= 15 is 13.6 Å². The fraction of sp³-hybridized carbons (Fsp3) is 0.293. The fourth-order valence-electron chi connectivity index (χ4n) is 8.51. The van der Waals surface area contributed by atoms with Gasteiger partial charge in [-0.3, -0.25) is 28.2 Å². The number of fused-ring (bicyclic) bond motifs is 5. The lowest BCUT2D eigenvalue weighted by atomic mass is 10.0. The minimum atomic E-state index is -5.02. The molecule has 2 N–H and O–H groups in total. The lowest BCUT2D eigenvalue weighted by Crippen LogP contribution is -2.38. The third-order valence-electron chi connectivity index (χ3n) is 11.2. The molecule has 1 saturated carbocycles. The minimum absolute atomic E-state index is 0.0759. The van der Waals surface area contributed by atoms with Crippen LogP contribution in [0.2, 0.25) is 5.02 Å². The van der Waals surface area contributed by atoms with Gasteiger partial charge in [-0.25, -0.2) is 31.0 Å². The van der Waals surface area contributed by atoms with E-state index in [4.69, 9.17) is 21.3 Å². The van der Waals surface area contributed by atoms with Crippen molar-refractivity contribution in [3.05, 3.63) is 116 Å². The Morgan fingerprint density at radius 3 is 2.37 bits per heavy atom. The first-order chi connectivity index (χ1) is 31.5. The zero-order valence-corrected chi connectivity index (χ0v) is 35.8. The quantitative estimate of drug-likeness (QED) is 0.110. The Kier molecular flexibility index (Phi) is 11.0. The number of ether oxygens (including phenoxy) is 1. The number of hydrogen-bond donors (Lipinski definition) is 2. The maximum atomic E-state index is 15.6. The molecular formula is C41H30ClF9N10O5S. The van der Waals surface area contributed by atoms with E-state index in [1.807, 2.05) is 4.72 Å². The van der Waals surface area contributed by atoms with Gasteiger partial charge >= 0.3 is 6.18 Å². The molecule has 15 nitrogen and oxygen atoms in total. The highest BCUT2D eigenvalue weighted by Gasteiger charge is 2.67. The van der Waals surface area contributed by atoms with Crippen LogP contribution in [0.1, 0.15) is 53.1 Å². The van der Waals surface area contributed by atoms with E-state index in [1.54, 1.807) is 0 Å². The van der Waals surface area contributed by atoms with Crippen molar-refractivity contribution in [1.29, 1.82) is 0 Å². The second-order valence-corrected chi connectivity index (χ2v) is 18.0. The number of sulfonamides is 1. The summed E-state index contributed by atoms with van der Waals surface area (Å²) in [4.78, 5) is 34.0. The van der Waals surface area contributed by atoms with Crippen molar-refractivity contribution in [3.8, 4) is 22.8 Å². The van der Waals surface area contributed by atoms with Gasteiger partial charge in [-0.1, -0.05) is 17.7 Å². The van der Waals surface area contributed by atoms with E-state index in [-0.39, 0.29) is 45.0 Å². The van der Waals surface area contributed by atoms with Gasteiger partial charge in [0.25, 0.3) is 17.9 Å². The molecule has 0 saturated heterocycles. The number of hydrogen-bond acceptors (Lipinski definition) is 10. The van der Waals surface area contributed by atoms with Gasteiger partial charge in [-0.05, 0) is 60.4 Å². The summed E-state index contributed by atoms with van der Waals surface area (Å²) in [6, 6.07) is 9.76. The molecule has 0 radical (unpaired) electrons. The molecule has 0 unspecified atom stereocenters. The smallest absolute Gasteiger partial charge is 0.408 e. The molecular weight excluding hydrogens is 951 g/mol. The lowest BCUT2D eigenvalue weighted by molar-refractivity contribution is -0.141. The molecule has 1 fully saturated rings. The Bertz CT molecular complexity index is 3330. The average Bonchev–Trinajstić information content (AvgIpc) is 3.77. The predicted molar refractivity (Wildman–Crippen MR) is 221 cm³/mol. The van der Waals surface area contributed by atoms with Crippen molar-refractivity contribution in [2.75, 3.05) is 18.1 Å². The highest BCUT2D eigenvalue weighted by Crippen LogP contribution is 2.68. The monoisotopic (exact) mass is 980 g/mol. The van der Waals surface area contributed by atoms with Gasteiger partial charge in [-0.15, -0.1) is 10.2 Å². The van der Waals surface area contributed by atoms with Crippen molar-refractivity contribution in [2.45, 2.75) is 56.4 Å². The summed E-state index contributed by atoms with van der Waals surface area (Å²) in [7, 11) is -2.89. The van der Waals surface area contributed by atoms with Gasteiger partial charge in [0, 0.05) is 35.6 Å². The lowest BCUT2D eigenvalue weighted by Gasteiger charge is -2.24. The fourth-order valence-corrected chi connectivity index (χ4v) is 9.25. The number of carbonyl (C=O) groups is 1. The van der Waals surface area contributed by atoms with E-state index < -0.39 is 129 Å². The molecule has 2 aliphatic rings. The number of anilines is 1. The van der Waals surface area contributed by atoms with Crippen LogP contribution in [0.3, 0.4) is 0 Å². The molecule has 3 aromatic carbocycles. The molecule has 4 heterocycles. The summed E-state index contributed by atoms with van der Waals surface area (Å²) >= 11 is 6.52. The van der Waals surface area contributed by atoms with Crippen molar-refractivity contribution in [1.82, 2.24) is 44.6 Å². The van der Waals surface area contributed by atoms with Crippen LogP contribution in [0.5, 0.6) is 5.88 Å². The summed E-state index contributed by atoms with van der Waals surface area (Å²) in [5.74, 6) is -10.3. The molecule has 350 valence electrons. The van der Waals surface area contributed by atoms with E-state index in [9.17, 15) is 43.9 Å². The zero-order chi connectivity index (χ0) is 48.1. The second-order valence-electron chi connectivity index (χ2n) is 15.9. The van der Waals surface area contributed by atoms with Crippen LogP contribution in [0.15, 0.2) is 65.5 Å². The Labute approximate surface area is 375 Å². The summed E-state index contributed by atoms with van der Waals surface area (Å²) in [6.07, 6.45) is -8.36. The largest absolute Gasteiger partial charge is 0.480 e. The molecule has 26 heteroatoms. The van der Waals surface area contributed by atoms with Crippen LogP contribution in [0.25, 0.3) is 38.8 Å². The first-order valence-electron chi connectivity index (χ1n) is 19.7. The van der Waals surface area contributed by atoms with E-state index in [0.717, 1.165) is 28.8 Å². The van der Waals surface area contributed by atoms with Crippen LogP contribution < -0.4 is 20.3 Å². The van der Waals surface area contributed by atoms with Gasteiger partial charge in [0.1, 0.15) is 41.9 Å². The molecule has 3 atom stereocenters. The number of nitrogens with zero attached hydrogens (tertiary/aromatic N) is 8. The van der Waals surface area contributed by atoms with Crippen molar-refractivity contribution in [2.24, 2.45) is 5.92 Å². The van der Waals surface area contributed by atoms with Crippen molar-refractivity contribution in [3.63, 3.8) is 0 Å².